The number of piperidine rings is 1. The Morgan fingerprint density at radius 2 is 1.65 bits per heavy atom. The summed E-state index contributed by atoms with van der Waals surface area (Å²) in [7, 11) is 0. The topological polar surface area (TPSA) is 33.1 Å². The molecular weight excluding hydrogens is 451 g/mol. The summed E-state index contributed by atoms with van der Waals surface area (Å²) in [5, 5.41) is 9.37. The van der Waals surface area contributed by atoms with Gasteiger partial charge < -0.3 is 0 Å². The summed E-state index contributed by atoms with van der Waals surface area (Å²) in [5.41, 5.74) is 10.4. The second-order valence-electron chi connectivity index (χ2n) is 8.32. The lowest BCUT2D eigenvalue weighted by molar-refractivity contribution is 0.150. The van der Waals surface area contributed by atoms with Gasteiger partial charge in [0.05, 0.1) is 28.6 Å². The Labute approximate surface area is 198 Å². The highest BCUT2D eigenvalue weighted by Gasteiger charge is 2.26. The van der Waals surface area contributed by atoms with E-state index in [1.165, 1.54) is 36.0 Å². The molecule has 0 unspecified atom stereocenters. The number of hydrogen-bond acceptors (Lipinski definition) is 3. The predicted molar refractivity (Wildman–Crippen MR) is 128 cm³/mol. The van der Waals surface area contributed by atoms with E-state index in [1.807, 2.05) is 22.9 Å². The highest BCUT2D eigenvalue weighted by molar-refractivity contribution is 6.35. The van der Waals surface area contributed by atoms with Crippen LogP contribution in [0.3, 0.4) is 0 Å². The summed E-state index contributed by atoms with van der Waals surface area (Å²) >= 11 is 19.1. The van der Waals surface area contributed by atoms with Crippen LogP contribution in [0.4, 0.5) is 0 Å². The maximum Gasteiger partial charge on any atom is 0.0840 e. The minimum atomic E-state index is 0.591. The molecule has 1 aromatic heterocycles. The summed E-state index contributed by atoms with van der Waals surface area (Å²) in [5.74, 6) is 0. The van der Waals surface area contributed by atoms with Gasteiger partial charge in [0.15, 0.2) is 0 Å². The Kier molecular flexibility index (Phi) is 6.27. The molecule has 1 aliphatic carbocycles. The van der Waals surface area contributed by atoms with Gasteiger partial charge in [-0.25, -0.2) is 15.1 Å². The van der Waals surface area contributed by atoms with Crippen LogP contribution in [-0.2, 0) is 19.4 Å². The van der Waals surface area contributed by atoms with Gasteiger partial charge in [-0.05, 0) is 68.0 Å². The van der Waals surface area contributed by atoms with E-state index in [2.05, 4.69) is 22.6 Å². The zero-order valence-corrected chi connectivity index (χ0v) is 19.6. The summed E-state index contributed by atoms with van der Waals surface area (Å²) in [6, 6.07) is 11.7. The van der Waals surface area contributed by atoms with Crippen molar-refractivity contribution >= 4 is 34.8 Å². The quantitative estimate of drug-likeness (QED) is 0.469. The zero-order valence-electron chi connectivity index (χ0n) is 17.3. The van der Waals surface area contributed by atoms with E-state index in [-0.39, 0.29) is 0 Å². The smallest absolute Gasteiger partial charge is 0.0840 e. The third-order valence-electron chi connectivity index (χ3n) is 6.23. The van der Waals surface area contributed by atoms with Gasteiger partial charge >= 0.3 is 0 Å². The first kappa shape index (κ1) is 21.3. The molecule has 1 N–H and O–H groups in total. The van der Waals surface area contributed by atoms with Crippen molar-refractivity contribution in [2.45, 2.75) is 45.1 Å². The van der Waals surface area contributed by atoms with E-state index >= 15 is 0 Å². The number of nitrogens with one attached hydrogen (secondary N) is 1. The highest BCUT2D eigenvalue weighted by Crippen LogP contribution is 2.38. The monoisotopic (exact) mass is 474 g/mol. The van der Waals surface area contributed by atoms with Crippen molar-refractivity contribution < 1.29 is 0 Å². The fraction of sp³-hybridized carbons (Fsp3) is 0.375. The molecule has 0 spiro atoms. The normalized spacial score (nSPS) is 16.6. The van der Waals surface area contributed by atoms with E-state index < -0.39 is 0 Å². The van der Waals surface area contributed by atoms with E-state index in [4.69, 9.17) is 39.9 Å². The van der Waals surface area contributed by atoms with Gasteiger partial charge in [0, 0.05) is 34.3 Å². The van der Waals surface area contributed by atoms with Crippen molar-refractivity contribution in [1.82, 2.24) is 20.2 Å². The Hall–Kier alpha value is -1.56. The molecule has 31 heavy (non-hydrogen) atoms. The molecule has 2 aromatic carbocycles. The maximum atomic E-state index is 6.62. The largest absolute Gasteiger partial charge is 0.249 e. The minimum Gasteiger partial charge on any atom is -0.249 e. The van der Waals surface area contributed by atoms with Crippen LogP contribution >= 0.6 is 34.8 Å². The minimum absolute atomic E-state index is 0.591. The van der Waals surface area contributed by atoms with Crippen LogP contribution in [0.15, 0.2) is 36.4 Å². The average Bonchev–Trinajstić information content (AvgIpc) is 3.00. The molecule has 0 saturated carbocycles. The lowest BCUT2D eigenvalue weighted by Crippen LogP contribution is -2.41. The van der Waals surface area contributed by atoms with Crippen LogP contribution in [0.2, 0.25) is 15.1 Å². The molecule has 4 nitrogen and oxygen atoms in total. The summed E-state index contributed by atoms with van der Waals surface area (Å²) < 4.78 is 2.00. The number of nitrogens with zero attached hydrogens (tertiary/aromatic N) is 3. The van der Waals surface area contributed by atoms with Crippen LogP contribution in [0, 0.1) is 0 Å². The number of rotatable bonds is 4. The number of fused-ring (bicyclic) bond motifs is 3. The van der Waals surface area contributed by atoms with Gasteiger partial charge in [-0.15, -0.1) is 0 Å². The Morgan fingerprint density at radius 3 is 2.45 bits per heavy atom. The first-order valence-corrected chi connectivity index (χ1v) is 12.1. The number of hydrogen-bond donors (Lipinski definition) is 1. The second-order valence-corrected chi connectivity index (χ2v) is 9.60. The molecule has 2 aliphatic rings. The number of aromatic nitrogens is 2. The molecule has 5 rings (SSSR count). The van der Waals surface area contributed by atoms with Crippen LogP contribution in [0.25, 0.3) is 16.9 Å². The third-order valence-corrected chi connectivity index (χ3v) is 7.00. The summed E-state index contributed by atoms with van der Waals surface area (Å²) in [6.45, 7) is 2.89. The molecule has 1 fully saturated rings. The van der Waals surface area contributed by atoms with Gasteiger partial charge in [-0.2, -0.15) is 5.10 Å². The molecule has 162 valence electrons. The molecule has 7 heteroatoms. The first-order chi connectivity index (χ1) is 15.1. The van der Waals surface area contributed by atoms with Gasteiger partial charge in [-0.3, -0.25) is 0 Å². The summed E-state index contributed by atoms with van der Waals surface area (Å²) in [4.78, 5) is 0. The SMILES string of the molecule is Clc1ccc(-n2nc(CNN3CCCCC3)c3c2-c2ccc(Cl)cc2CCC3)c(Cl)c1. The molecule has 3 aromatic rings. The number of aryl methyl sites for hydroxylation is 1. The third kappa shape index (κ3) is 4.37. The van der Waals surface area contributed by atoms with Crippen LogP contribution in [0.5, 0.6) is 0 Å². The lowest BCUT2D eigenvalue weighted by atomic mass is 10.0. The molecule has 2 heterocycles. The molecule has 0 amide bonds. The van der Waals surface area contributed by atoms with Crippen molar-refractivity contribution in [2.75, 3.05) is 13.1 Å². The Bertz CT molecular complexity index is 1100. The standard InChI is InChI=1S/C24H25Cl3N4/c25-17-7-9-19-16(13-17)5-4-6-20-22(15-28-30-11-2-1-3-12-30)29-31(24(19)20)23-10-8-18(26)14-21(23)27/h7-10,13-14,28H,1-6,11-12,15H2. The molecule has 0 bridgehead atoms. The Balaban J connectivity index is 1.62. The number of benzene rings is 2. The second kappa shape index (κ2) is 9.13. The fourth-order valence-corrected chi connectivity index (χ4v) is 5.38. The average molecular weight is 476 g/mol. The van der Waals surface area contributed by atoms with Gasteiger partial charge in [0.25, 0.3) is 0 Å². The van der Waals surface area contributed by atoms with Crippen LogP contribution in [0.1, 0.15) is 42.5 Å². The predicted octanol–water partition coefficient (Wildman–Crippen LogP) is 6.48. The van der Waals surface area contributed by atoms with Crippen molar-refractivity contribution in [3.8, 4) is 16.9 Å². The van der Waals surface area contributed by atoms with Gasteiger partial charge in [0.2, 0.25) is 0 Å². The molecule has 0 atom stereocenters. The van der Waals surface area contributed by atoms with Crippen molar-refractivity contribution in [2.24, 2.45) is 0 Å². The van der Waals surface area contributed by atoms with E-state index in [9.17, 15) is 0 Å². The Morgan fingerprint density at radius 1 is 0.871 bits per heavy atom. The van der Waals surface area contributed by atoms with Gasteiger partial charge in [-0.1, -0.05) is 47.3 Å². The van der Waals surface area contributed by atoms with Crippen LogP contribution in [-0.4, -0.2) is 27.9 Å². The lowest BCUT2D eigenvalue weighted by Gasteiger charge is -2.26. The zero-order chi connectivity index (χ0) is 21.4. The number of hydrazine groups is 1. The maximum absolute atomic E-state index is 6.62. The molecule has 0 radical (unpaired) electrons. The van der Waals surface area contributed by atoms with E-state index in [1.54, 1.807) is 6.07 Å². The van der Waals surface area contributed by atoms with E-state index in [0.717, 1.165) is 54.4 Å². The molecule has 1 aliphatic heterocycles. The number of halogens is 3. The van der Waals surface area contributed by atoms with Crippen molar-refractivity contribution in [3.05, 3.63) is 68.3 Å². The van der Waals surface area contributed by atoms with Gasteiger partial charge in [0.1, 0.15) is 0 Å². The molecular formula is C24H25Cl3N4. The van der Waals surface area contributed by atoms with E-state index in [0.29, 0.717) is 16.6 Å². The summed E-state index contributed by atoms with van der Waals surface area (Å²) in [6.07, 6.45) is 6.84. The van der Waals surface area contributed by atoms with Crippen molar-refractivity contribution in [3.63, 3.8) is 0 Å². The molecule has 1 saturated heterocycles. The first-order valence-electron chi connectivity index (χ1n) is 10.9. The fourth-order valence-electron chi connectivity index (χ4n) is 4.70. The highest BCUT2D eigenvalue weighted by atomic mass is 35.5. The van der Waals surface area contributed by atoms with Crippen molar-refractivity contribution in [1.29, 1.82) is 0 Å². The van der Waals surface area contributed by atoms with Crippen LogP contribution < -0.4 is 5.43 Å².